The topological polar surface area (TPSA) is 75.9 Å². The molecule has 1 aromatic heterocycles. The van der Waals surface area contributed by atoms with E-state index >= 15 is 0 Å². The Labute approximate surface area is 123 Å². The Hall–Kier alpha value is -1.79. The van der Waals surface area contributed by atoms with Crippen LogP contribution in [-0.2, 0) is 6.42 Å². The van der Waals surface area contributed by atoms with Crippen LogP contribution < -0.4 is 16.6 Å². The summed E-state index contributed by atoms with van der Waals surface area (Å²) < 4.78 is 0. The number of nitrogens with two attached hydrogens (primary N) is 1. The van der Waals surface area contributed by atoms with Gasteiger partial charge in [-0.15, -0.1) is 11.8 Å². The molecule has 1 heterocycles. The Kier molecular flexibility index (Phi) is 5.20. The first-order valence-electron chi connectivity index (χ1n) is 6.50. The van der Waals surface area contributed by atoms with E-state index in [2.05, 4.69) is 46.0 Å². The fourth-order valence-corrected chi connectivity index (χ4v) is 2.28. The van der Waals surface area contributed by atoms with Crippen molar-refractivity contribution in [3.63, 3.8) is 0 Å². The van der Waals surface area contributed by atoms with Gasteiger partial charge in [0.2, 0.25) is 0 Å². The second-order valence-corrected chi connectivity index (χ2v) is 5.19. The highest BCUT2D eigenvalue weighted by molar-refractivity contribution is 7.98. The van der Waals surface area contributed by atoms with Gasteiger partial charge in [-0.2, -0.15) is 0 Å². The van der Waals surface area contributed by atoms with Crippen LogP contribution >= 0.6 is 11.8 Å². The molecule has 0 spiro atoms. The molecule has 4 N–H and O–H groups in total. The van der Waals surface area contributed by atoms with Gasteiger partial charge < -0.3 is 10.7 Å². The maximum atomic E-state index is 5.45. The zero-order chi connectivity index (χ0) is 14.4. The molecule has 0 unspecified atom stereocenters. The summed E-state index contributed by atoms with van der Waals surface area (Å²) >= 11 is 1.71. The predicted molar refractivity (Wildman–Crippen MR) is 85.3 cm³/mol. The summed E-state index contributed by atoms with van der Waals surface area (Å²) in [6.45, 7) is 2.10. The van der Waals surface area contributed by atoms with Gasteiger partial charge >= 0.3 is 0 Å². The van der Waals surface area contributed by atoms with E-state index in [-0.39, 0.29) is 0 Å². The van der Waals surface area contributed by atoms with Gasteiger partial charge in [-0.25, -0.2) is 15.8 Å². The Morgan fingerprint density at radius 3 is 2.70 bits per heavy atom. The van der Waals surface area contributed by atoms with E-state index in [0.717, 1.165) is 30.2 Å². The number of anilines is 3. The van der Waals surface area contributed by atoms with Crippen molar-refractivity contribution in [2.75, 3.05) is 17.0 Å². The molecule has 0 saturated heterocycles. The second kappa shape index (κ2) is 7.12. The molecule has 0 fully saturated rings. The van der Waals surface area contributed by atoms with Crippen LogP contribution in [0.2, 0.25) is 0 Å². The average molecular weight is 289 g/mol. The lowest BCUT2D eigenvalue weighted by Gasteiger charge is -2.10. The Balaban J connectivity index is 2.24. The van der Waals surface area contributed by atoms with Gasteiger partial charge in [0.15, 0.2) is 0 Å². The van der Waals surface area contributed by atoms with Gasteiger partial charge in [0, 0.05) is 23.1 Å². The number of aromatic nitrogens is 2. The van der Waals surface area contributed by atoms with Crippen LogP contribution in [0.15, 0.2) is 35.2 Å². The zero-order valence-corrected chi connectivity index (χ0v) is 12.5. The van der Waals surface area contributed by atoms with Gasteiger partial charge in [0.05, 0.1) is 0 Å². The van der Waals surface area contributed by atoms with Crippen LogP contribution in [0.1, 0.15) is 19.2 Å². The molecule has 0 aliphatic carbocycles. The number of hydrogen-bond acceptors (Lipinski definition) is 6. The maximum absolute atomic E-state index is 5.45. The summed E-state index contributed by atoms with van der Waals surface area (Å²) in [5, 5.41) is 3.29. The zero-order valence-electron chi connectivity index (χ0n) is 11.7. The molecule has 5 nitrogen and oxygen atoms in total. The lowest BCUT2D eigenvalue weighted by molar-refractivity contribution is 0.837. The molecule has 2 rings (SSSR count). The highest BCUT2D eigenvalue weighted by Crippen LogP contribution is 2.22. The molecule has 0 atom stereocenters. The first-order valence-corrected chi connectivity index (χ1v) is 7.73. The van der Waals surface area contributed by atoms with E-state index in [1.165, 1.54) is 4.90 Å². The standard InChI is InChI=1S/C14H19N5S/c1-3-5-12-17-13(9-14(18-12)19-15)16-10-6-4-7-11(8-10)20-2/h4,6-9H,3,5,15H2,1-2H3,(H2,16,17,18,19). The number of rotatable bonds is 6. The lowest BCUT2D eigenvalue weighted by atomic mass is 10.3. The first kappa shape index (κ1) is 14.6. The molecule has 6 heteroatoms. The number of nitrogens with one attached hydrogen (secondary N) is 2. The molecule has 1 aromatic carbocycles. The summed E-state index contributed by atoms with van der Waals surface area (Å²) in [7, 11) is 0. The molecule has 106 valence electrons. The van der Waals surface area contributed by atoms with E-state index < -0.39 is 0 Å². The predicted octanol–water partition coefficient (Wildman–Crippen LogP) is 3.18. The van der Waals surface area contributed by atoms with Gasteiger partial charge in [0.25, 0.3) is 0 Å². The van der Waals surface area contributed by atoms with Crippen molar-refractivity contribution >= 4 is 29.1 Å². The molecular weight excluding hydrogens is 270 g/mol. The van der Waals surface area contributed by atoms with Gasteiger partial charge in [-0.3, -0.25) is 0 Å². The van der Waals surface area contributed by atoms with E-state index in [1.807, 2.05) is 12.1 Å². The smallest absolute Gasteiger partial charge is 0.145 e. The van der Waals surface area contributed by atoms with Gasteiger partial charge in [-0.1, -0.05) is 13.0 Å². The summed E-state index contributed by atoms with van der Waals surface area (Å²) in [5.74, 6) is 7.60. The minimum Gasteiger partial charge on any atom is -0.340 e. The molecular formula is C14H19N5S. The normalized spacial score (nSPS) is 10.3. The van der Waals surface area contributed by atoms with Crippen LogP contribution in [0.25, 0.3) is 0 Å². The monoisotopic (exact) mass is 289 g/mol. The first-order chi connectivity index (χ1) is 9.75. The maximum Gasteiger partial charge on any atom is 0.145 e. The SMILES string of the molecule is CCCc1nc(NN)cc(Nc2cccc(SC)c2)n1. The number of nitrogens with zero attached hydrogens (tertiary/aromatic N) is 2. The van der Waals surface area contributed by atoms with Gasteiger partial charge in [0.1, 0.15) is 17.5 Å². The Morgan fingerprint density at radius 2 is 2.00 bits per heavy atom. The molecule has 0 saturated carbocycles. The van der Waals surface area contributed by atoms with Crippen molar-refractivity contribution in [2.24, 2.45) is 5.84 Å². The highest BCUT2D eigenvalue weighted by atomic mass is 32.2. The number of nitrogen functional groups attached to an aromatic ring is 1. The summed E-state index contributed by atoms with van der Waals surface area (Å²) in [4.78, 5) is 10.0. The fraction of sp³-hybridized carbons (Fsp3) is 0.286. The lowest BCUT2D eigenvalue weighted by Crippen LogP contribution is -2.11. The van der Waals surface area contributed by atoms with E-state index in [0.29, 0.717) is 5.82 Å². The fourth-order valence-electron chi connectivity index (χ4n) is 1.82. The third-order valence-corrected chi connectivity index (χ3v) is 3.46. The third kappa shape index (κ3) is 3.85. The van der Waals surface area contributed by atoms with Crippen LogP contribution in [0.4, 0.5) is 17.3 Å². The van der Waals surface area contributed by atoms with E-state index in [9.17, 15) is 0 Å². The number of hydrazine groups is 1. The minimum absolute atomic E-state index is 0.618. The highest BCUT2D eigenvalue weighted by Gasteiger charge is 2.04. The largest absolute Gasteiger partial charge is 0.340 e. The molecule has 2 aromatic rings. The van der Waals surface area contributed by atoms with Crippen molar-refractivity contribution in [3.8, 4) is 0 Å². The quantitative estimate of drug-likeness (QED) is 0.431. The average Bonchev–Trinajstić information content (AvgIpc) is 2.47. The van der Waals surface area contributed by atoms with Crippen LogP contribution in [-0.4, -0.2) is 16.2 Å². The molecule has 20 heavy (non-hydrogen) atoms. The molecule has 0 amide bonds. The van der Waals surface area contributed by atoms with E-state index in [4.69, 9.17) is 5.84 Å². The third-order valence-electron chi connectivity index (χ3n) is 2.74. The summed E-state index contributed by atoms with van der Waals surface area (Å²) in [5.41, 5.74) is 3.58. The number of thioether (sulfide) groups is 1. The Morgan fingerprint density at radius 1 is 1.20 bits per heavy atom. The van der Waals surface area contributed by atoms with Crippen molar-refractivity contribution < 1.29 is 0 Å². The van der Waals surface area contributed by atoms with Crippen LogP contribution in [0.3, 0.4) is 0 Å². The summed E-state index contributed by atoms with van der Waals surface area (Å²) in [6.07, 6.45) is 3.88. The van der Waals surface area contributed by atoms with Crippen molar-refractivity contribution in [3.05, 3.63) is 36.2 Å². The molecule has 0 radical (unpaired) electrons. The van der Waals surface area contributed by atoms with Crippen molar-refractivity contribution in [1.82, 2.24) is 9.97 Å². The van der Waals surface area contributed by atoms with Crippen LogP contribution in [0.5, 0.6) is 0 Å². The molecule has 0 aliphatic rings. The number of hydrogen-bond donors (Lipinski definition) is 3. The summed E-state index contributed by atoms with van der Waals surface area (Å²) in [6, 6.07) is 9.99. The number of benzene rings is 1. The van der Waals surface area contributed by atoms with E-state index in [1.54, 1.807) is 17.8 Å². The molecule has 0 aliphatic heterocycles. The van der Waals surface area contributed by atoms with Gasteiger partial charge in [-0.05, 0) is 30.9 Å². The second-order valence-electron chi connectivity index (χ2n) is 4.31. The van der Waals surface area contributed by atoms with Crippen molar-refractivity contribution in [2.45, 2.75) is 24.7 Å². The minimum atomic E-state index is 0.618. The Bertz CT molecular complexity index is 573. The van der Waals surface area contributed by atoms with Crippen LogP contribution in [0, 0.1) is 0 Å². The number of aryl methyl sites for hydroxylation is 1. The molecule has 0 bridgehead atoms. The van der Waals surface area contributed by atoms with Crippen molar-refractivity contribution in [1.29, 1.82) is 0 Å².